The van der Waals surface area contributed by atoms with Crippen molar-refractivity contribution in [2.45, 2.75) is 6.42 Å². The van der Waals surface area contributed by atoms with E-state index in [-0.39, 0.29) is 0 Å². The van der Waals surface area contributed by atoms with Crippen LogP contribution in [0.3, 0.4) is 0 Å². The smallest absolute Gasteiger partial charge is 0.132 e. The summed E-state index contributed by atoms with van der Waals surface area (Å²) in [5.41, 5.74) is 0. The second kappa shape index (κ2) is 2.31. The van der Waals surface area contributed by atoms with Gasteiger partial charge in [0.05, 0.1) is 4.48 Å². The molecule has 0 aliphatic carbocycles. The third kappa shape index (κ3) is 1.10. The van der Waals surface area contributed by atoms with Crippen LogP contribution in [0.25, 0.3) is 0 Å². The summed E-state index contributed by atoms with van der Waals surface area (Å²) in [6.45, 7) is 0.897. The van der Waals surface area contributed by atoms with Gasteiger partial charge in [-0.3, -0.25) is 5.41 Å². The predicted molar refractivity (Wildman–Crippen MR) is 37.4 cm³/mol. The van der Waals surface area contributed by atoms with Gasteiger partial charge in [0.25, 0.3) is 0 Å². The maximum absolute atomic E-state index is 7.17. The first-order valence-corrected chi connectivity index (χ1v) is 3.28. The van der Waals surface area contributed by atoms with Crippen molar-refractivity contribution in [3.8, 4) is 0 Å². The summed E-state index contributed by atoms with van der Waals surface area (Å²) in [5, 5.41) is 10.1. The average molecular weight is 175 g/mol. The lowest BCUT2D eigenvalue weighted by molar-refractivity contribution is 0.866. The summed E-state index contributed by atoms with van der Waals surface area (Å²) in [6, 6.07) is 0. The number of amidine groups is 1. The second-order valence-corrected chi connectivity index (χ2v) is 2.50. The zero-order valence-electron chi connectivity index (χ0n) is 4.37. The van der Waals surface area contributed by atoms with Crippen LogP contribution >= 0.6 is 15.9 Å². The van der Waals surface area contributed by atoms with Crippen LogP contribution < -0.4 is 5.32 Å². The van der Waals surface area contributed by atoms with Gasteiger partial charge < -0.3 is 5.32 Å². The second-order valence-electron chi connectivity index (χ2n) is 1.64. The average Bonchev–Trinajstić information content (AvgIpc) is 1.77. The van der Waals surface area contributed by atoms with E-state index in [1.807, 2.05) is 6.08 Å². The fourth-order valence-electron chi connectivity index (χ4n) is 0.583. The Morgan fingerprint density at radius 3 is 2.88 bits per heavy atom. The third-order valence-corrected chi connectivity index (χ3v) is 1.73. The van der Waals surface area contributed by atoms with Crippen LogP contribution in [0.1, 0.15) is 6.42 Å². The number of hydrogen-bond donors (Lipinski definition) is 2. The molecule has 1 aliphatic heterocycles. The van der Waals surface area contributed by atoms with Crippen molar-refractivity contribution in [2.75, 3.05) is 6.54 Å². The van der Waals surface area contributed by atoms with E-state index in [9.17, 15) is 0 Å². The number of nitrogens with one attached hydrogen (secondary N) is 2. The van der Waals surface area contributed by atoms with Gasteiger partial charge in [-0.05, 0) is 22.4 Å². The molecular weight excluding hydrogens is 168 g/mol. The summed E-state index contributed by atoms with van der Waals surface area (Å²) >= 11 is 3.23. The predicted octanol–water partition coefficient (Wildman–Crippen LogP) is 1.24. The zero-order valence-corrected chi connectivity index (χ0v) is 5.96. The molecule has 0 amide bonds. The molecule has 1 rings (SSSR count). The van der Waals surface area contributed by atoms with Gasteiger partial charge >= 0.3 is 0 Å². The number of halogens is 1. The Hall–Kier alpha value is -0.310. The zero-order chi connectivity index (χ0) is 5.98. The molecule has 2 nitrogen and oxygen atoms in total. The quantitative estimate of drug-likeness (QED) is 0.570. The van der Waals surface area contributed by atoms with Gasteiger partial charge in [0.1, 0.15) is 5.84 Å². The molecule has 3 heteroatoms. The first-order chi connectivity index (χ1) is 3.80. The van der Waals surface area contributed by atoms with Crippen LogP contribution in [-0.4, -0.2) is 12.4 Å². The first kappa shape index (κ1) is 5.82. The van der Waals surface area contributed by atoms with Crippen LogP contribution in [0.2, 0.25) is 0 Å². The van der Waals surface area contributed by atoms with Crippen LogP contribution in [0.15, 0.2) is 10.6 Å². The lowest BCUT2D eigenvalue weighted by Crippen LogP contribution is -2.26. The summed E-state index contributed by atoms with van der Waals surface area (Å²) in [6.07, 6.45) is 3.02. The molecule has 0 atom stereocenters. The van der Waals surface area contributed by atoms with Crippen molar-refractivity contribution >= 4 is 21.8 Å². The van der Waals surface area contributed by atoms with E-state index in [2.05, 4.69) is 21.2 Å². The summed E-state index contributed by atoms with van der Waals surface area (Å²) < 4.78 is 0.878. The molecule has 0 spiro atoms. The Morgan fingerprint density at radius 2 is 2.50 bits per heavy atom. The molecule has 2 N–H and O–H groups in total. The topological polar surface area (TPSA) is 35.9 Å². The highest BCUT2D eigenvalue weighted by Crippen LogP contribution is 2.08. The van der Waals surface area contributed by atoms with Crippen LogP contribution in [0.5, 0.6) is 0 Å². The van der Waals surface area contributed by atoms with E-state index >= 15 is 0 Å². The minimum Gasteiger partial charge on any atom is -0.369 e. The van der Waals surface area contributed by atoms with Crippen molar-refractivity contribution in [3.63, 3.8) is 0 Å². The standard InChI is InChI=1S/C5H7BrN2/c6-4-2-1-3-8-5(4)7/h2H,1,3H2,(H2,7,8). The Morgan fingerprint density at radius 1 is 1.75 bits per heavy atom. The van der Waals surface area contributed by atoms with Crippen molar-refractivity contribution in [2.24, 2.45) is 0 Å². The lowest BCUT2D eigenvalue weighted by atomic mass is 10.3. The maximum Gasteiger partial charge on any atom is 0.132 e. The Bertz CT molecular complexity index is 139. The minimum atomic E-state index is 0.497. The van der Waals surface area contributed by atoms with E-state index in [1.54, 1.807) is 0 Å². The Labute approximate surface area is 56.6 Å². The van der Waals surface area contributed by atoms with Gasteiger partial charge in [0.2, 0.25) is 0 Å². The number of hydrogen-bond acceptors (Lipinski definition) is 1. The first-order valence-electron chi connectivity index (χ1n) is 2.49. The summed E-state index contributed by atoms with van der Waals surface area (Å²) in [4.78, 5) is 0. The third-order valence-electron chi connectivity index (χ3n) is 1.01. The van der Waals surface area contributed by atoms with Gasteiger partial charge in [-0.2, -0.15) is 0 Å². The number of rotatable bonds is 0. The van der Waals surface area contributed by atoms with Crippen molar-refractivity contribution in [3.05, 3.63) is 10.6 Å². The molecule has 0 saturated carbocycles. The molecule has 1 aliphatic rings. The van der Waals surface area contributed by atoms with Crippen molar-refractivity contribution in [1.82, 2.24) is 5.32 Å². The summed E-state index contributed by atoms with van der Waals surface area (Å²) in [7, 11) is 0. The van der Waals surface area contributed by atoms with Crippen LogP contribution in [0, 0.1) is 5.41 Å². The van der Waals surface area contributed by atoms with Crippen molar-refractivity contribution < 1.29 is 0 Å². The fourth-order valence-corrected chi connectivity index (χ4v) is 0.952. The SMILES string of the molecule is N=C1NCCC=C1Br. The molecule has 44 valence electrons. The molecular formula is C5H7BrN2. The Kier molecular flexibility index (Phi) is 1.68. The maximum atomic E-state index is 7.17. The fraction of sp³-hybridized carbons (Fsp3) is 0.400. The highest BCUT2D eigenvalue weighted by atomic mass is 79.9. The molecule has 0 saturated heterocycles. The van der Waals surface area contributed by atoms with E-state index in [0.29, 0.717) is 5.84 Å². The molecule has 0 bridgehead atoms. The van der Waals surface area contributed by atoms with Gasteiger partial charge in [-0.15, -0.1) is 0 Å². The normalized spacial score (nSPS) is 19.6. The van der Waals surface area contributed by atoms with Crippen LogP contribution in [0.4, 0.5) is 0 Å². The highest BCUT2D eigenvalue weighted by Gasteiger charge is 2.03. The van der Waals surface area contributed by atoms with Gasteiger partial charge in [-0.25, -0.2) is 0 Å². The minimum absolute atomic E-state index is 0.497. The summed E-state index contributed by atoms with van der Waals surface area (Å²) in [5.74, 6) is 0.497. The lowest BCUT2D eigenvalue weighted by Gasteiger charge is -2.10. The van der Waals surface area contributed by atoms with Gasteiger partial charge in [0.15, 0.2) is 0 Å². The van der Waals surface area contributed by atoms with Gasteiger partial charge in [-0.1, -0.05) is 6.08 Å². The van der Waals surface area contributed by atoms with Crippen molar-refractivity contribution in [1.29, 1.82) is 5.41 Å². The molecule has 0 aromatic rings. The van der Waals surface area contributed by atoms with Gasteiger partial charge in [0, 0.05) is 6.54 Å². The Balaban J connectivity index is 2.67. The molecule has 0 fully saturated rings. The molecule has 0 unspecified atom stereocenters. The van der Waals surface area contributed by atoms with E-state index in [1.165, 1.54) is 0 Å². The molecule has 1 heterocycles. The molecule has 0 aromatic heterocycles. The van der Waals surface area contributed by atoms with E-state index < -0.39 is 0 Å². The molecule has 8 heavy (non-hydrogen) atoms. The molecule has 0 aromatic carbocycles. The monoisotopic (exact) mass is 174 g/mol. The largest absolute Gasteiger partial charge is 0.369 e. The molecule has 0 radical (unpaired) electrons. The van der Waals surface area contributed by atoms with E-state index in [0.717, 1.165) is 17.4 Å². The highest BCUT2D eigenvalue weighted by molar-refractivity contribution is 9.12. The van der Waals surface area contributed by atoms with E-state index in [4.69, 9.17) is 5.41 Å². The van der Waals surface area contributed by atoms with Crippen LogP contribution in [-0.2, 0) is 0 Å².